The van der Waals surface area contributed by atoms with Crippen LogP contribution in [-0.2, 0) is 10.0 Å². The maximum Gasteiger partial charge on any atom is 0.241 e. The number of anilines is 1. The molecule has 0 aliphatic heterocycles. The molecule has 0 fully saturated rings. The van der Waals surface area contributed by atoms with Crippen molar-refractivity contribution >= 4 is 27.0 Å². The van der Waals surface area contributed by atoms with Gasteiger partial charge in [-0.05, 0) is 25.5 Å². The summed E-state index contributed by atoms with van der Waals surface area (Å²) in [5.41, 5.74) is 5.66. The topological polar surface area (TPSA) is 85.1 Å². The second kappa shape index (κ2) is 6.08. The summed E-state index contributed by atoms with van der Waals surface area (Å²) in [7, 11) is -3.88. The number of nitrogens with two attached hydrogens (primary N) is 1. The van der Waals surface area contributed by atoms with E-state index in [1.165, 1.54) is 24.3 Å². The summed E-state index contributed by atoms with van der Waals surface area (Å²) in [5.74, 6) is -0.641. The predicted molar refractivity (Wildman–Crippen MR) is 81.0 cm³/mol. The van der Waals surface area contributed by atoms with Gasteiger partial charge >= 0.3 is 0 Å². The quantitative estimate of drug-likeness (QED) is 0.826. The normalized spacial score (nSPS) is 13.3. The molecule has 0 aliphatic rings. The van der Waals surface area contributed by atoms with Gasteiger partial charge in [-0.3, -0.25) is 0 Å². The van der Waals surface area contributed by atoms with Crippen molar-refractivity contribution in [3.05, 3.63) is 40.1 Å². The number of nitrogens with zero attached hydrogens (tertiary/aromatic N) is 1. The van der Waals surface area contributed by atoms with Crippen LogP contribution >= 0.6 is 11.3 Å². The highest BCUT2D eigenvalue weighted by Crippen LogP contribution is 2.25. The molecule has 21 heavy (non-hydrogen) atoms. The first-order valence-corrected chi connectivity index (χ1v) is 8.68. The Morgan fingerprint density at radius 3 is 2.76 bits per heavy atom. The first-order valence-electron chi connectivity index (χ1n) is 6.32. The van der Waals surface area contributed by atoms with Gasteiger partial charge in [-0.25, -0.2) is 22.5 Å². The molecular formula is C13H16FN3O2S2. The third kappa shape index (κ3) is 3.39. The van der Waals surface area contributed by atoms with Crippen molar-refractivity contribution in [1.29, 1.82) is 0 Å². The smallest absolute Gasteiger partial charge is 0.241 e. The second-order valence-electron chi connectivity index (χ2n) is 4.58. The number of thiazole rings is 1. The Labute approximate surface area is 127 Å². The lowest BCUT2D eigenvalue weighted by molar-refractivity contribution is 0.545. The largest absolute Gasteiger partial charge is 0.399 e. The van der Waals surface area contributed by atoms with Crippen LogP contribution in [0.15, 0.2) is 28.6 Å². The van der Waals surface area contributed by atoms with Gasteiger partial charge in [-0.2, -0.15) is 0 Å². The molecule has 1 heterocycles. The Bertz CT molecular complexity index is 730. The van der Waals surface area contributed by atoms with E-state index in [0.717, 1.165) is 6.07 Å². The number of nitrogens with one attached hydrogen (secondary N) is 1. The Morgan fingerprint density at radius 1 is 1.48 bits per heavy atom. The number of benzene rings is 1. The molecule has 0 spiro atoms. The molecule has 0 amide bonds. The van der Waals surface area contributed by atoms with Gasteiger partial charge in [0.2, 0.25) is 10.0 Å². The third-order valence-corrected chi connectivity index (χ3v) is 5.55. The number of hydrogen-bond donors (Lipinski definition) is 2. The standard InChI is InChI=1S/C13H16FN3O2S2/c1-3-11(13-16-4-5-20-13)17-21(18,19)12-7-9(15)6-10(14)8(12)2/h4-7,11,17H,3,15H2,1-2H3. The van der Waals surface area contributed by atoms with E-state index in [1.54, 1.807) is 11.6 Å². The maximum absolute atomic E-state index is 13.7. The van der Waals surface area contributed by atoms with Crippen LogP contribution in [-0.4, -0.2) is 13.4 Å². The summed E-state index contributed by atoms with van der Waals surface area (Å²) >= 11 is 1.37. The van der Waals surface area contributed by atoms with Crippen LogP contribution in [0.1, 0.15) is 30.0 Å². The van der Waals surface area contributed by atoms with Crippen LogP contribution in [0.3, 0.4) is 0 Å². The first kappa shape index (κ1) is 15.9. The van der Waals surface area contributed by atoms with Crippen molar-refractivity contribution in [3.8, 4) is 0 Å². The summed E-state index contributed by atoms with van der Waals surface area (Å²) in [4.78, 5) is 3.97. The van der Waals surface area contributed by atoms with Crippen molar-refractivity contribution in [2.24, 2.45) is 0 Å². The fraction of sp³-hybridized carbons (Fsp3) is 0.308. The van der Waals surface area contributed by atoms with E-state index < -0.39 is 21.9 Å². The van der Waals surface area contributed by atoms with Crippen molar-refractivity contribution in [1.82, 2.24) is 9.71 Å². The van der Waals surface area contributed by atoms with Crippen LogP contribution < -0.4 is 10.5 Å². The van der Waals surface area contributed by atoms with Crippen molar-refractivity contribution < 1.29 is 12.8 Å². The Balaban J connectivity index is 2.39. The lowest BCUT2D eigenvalue weighted by Crippen LogP contribution is -2.29. The molecule has 0 aliphatic carbocycles. The van der Waals surface area contributed by atoms with Crippen molar-refractivity contribution in [3.63, 3.8) is 0 Å². The summed E-state index contributed by atoms with van der Waals surface area (Å²) in [6.45, 7) is 3.26. The minimum absolute atomic E-state index is 0.0469. The number of aromatic nitrogens is 1. The Hall–Kier alpha value is -1.51. The lowest BCUT2D eigenvalue weighted by Gasteiger charge is -2.16. The molecule has 2 rings (SSSR count). The van der Waals surface area contributed by atoms with Gasteiger partial charge in [0.25, 0.3) is 0 Å². The minimum atomic E-state index is -3.88. The molecule has 114 valence electrons. The molecule has 1 aromatic heterocycles. The van der Waals surface area contributed by atoms with Gasteiger partial charge in [-0.1, -0.05) is 6.92 Å². The maximum atomic E-state index is 13.7. The fourth-order valence-corrected chi connectivity index (χ4v) is 4.34. The zero-order valence-electron chi connectivity index (χ0n) is 11.6. The molecule has 0 radical (unpaired) electrons. The Morgan fingerprint density at radius 2 is 2.19 bits per heavy atom. The summed E-state index contributed by atoms with van der Waals surface area (Å²) in [5, 5.41) is 2.45. The number of hydrogen-bond acceptors (Lipinski definition) is 5. The highest BCUT2D eigenvalue weighted by molar-refractivity contribution is 7.89. The van der Waals surface area contributed by atoms with Crippen molar-refractivity contribution in [2.75, 3.05) is 5.73 Å². The molecule has 0 saturated carbocycles. The molecule has 3 N–H and O–H groups in total. The molecule has 5 nitrogen and oxygen atoms in total. The van der Waals surface area contributed by atoms with Gasteiger partial charge in [-0.15, -0.1) is 11.3 Å². The predicted octanol–water partition coefficient (Wildman–Crippen LogP) is 2.60. The van der Waals surface area contributed by atoms with E-state index in [9.17, 15) is 12.8 Å². The van der Waals surface area contributed by atoms with Gasteiger partial charge in [0.15, 0.2) is 0 Å². The van der Waals surface area contributed by atoms with E-state index in [4.69, 9.17) is 5.73 Å². The van der Waals surface area contributed by atoms with E-state index in [1.807, 2.05) is 6.92 Å². The molecule has 1 atom stereocenters. The monoisotopic (exact) mass is 329 g/mol. The van der Waals surface area contributed by atoms with Gasteiger partial charge in [0.1, 0.15) is 10.8 Å². The number of rotatable bonds is 5. The third-order valence-electron chi connectivity index (χ3n) is 3.06. The zero-order valence-corrected chi connectivity index (χ0v) is 13.3. The summed E-state index contributed by atoms with van der Waals surface area (Å²) in [6, 6.07) is 1.92. The zero-order chi connectivity index (χ0) is 15.6. The number of nitrogen functional groups attached to an aromatic ring is 1. The van der Waals surface area contributed by atoms with Crippen LogP contribution in [0.25, 0.3) is 0 Å². The fourth-order valence-electron chi connectivity index (χ4n) is 1.92. The molecule has 0 saturated heterocycles. The number of sulfonamides is 1. The molecule has 8 heteroatoms. The highest BCUT2D eigenvalue weighted by Gasteiger charge is 2.24. The van der Waals surface area contributed by atoms with E-state index >= 15 is 0 Å². The average Bonchev–Trinajstić information content (AvgIpc) is 2.94. The average molecular weight is 329 g/mol. The van der Waals surface area contributed by atoms with Gasteiger partial charge in [0, 0.05) is 22.8 Å². The highest BCUT2D eigenvalue weighted by atomic mass is 32.2. The van der Waals surface area contributed by atoms with Crippen LogP contribution in [0.4, 0.5) is 10.1 Å². The van der Waals surface area contributed by atoms with Crippen molar-refractivity contribution in [2.45, 2.75) is 31.2 Å². The second-order valence-corrected chi connectivity index (χ2v) is 7.19. The molecule has 1 unspecified atom stereocenters. The lowest BCUT2D eigenvalue weighted by atomic mass is 10.2. The van der Waals surface area contributed by atoms with Crippen LogP contribution in [0.2, 0.25) is 0 Å². The minimum Gasteiger partial charge on any atom is -0.399 e. The molecule has 0 bridgehead atoms. The number of halogens is 1. The van der Waals surface area contributed by atoms with Crippen LogP contribution in [0.5, 0.6) is 0 Å². The SMILES string of the molecule is CCC(NS(=O)(=O)c1cc(N)cc(F)c1C)c1nccs1. The summed E-state index contributed by atoms with van der Waals surface area (Å²) in [6.07, 6.45) is 2.15. The van der Waals surface area contributed by atoms with E-state index in [0.29, 0.717) is 11.4 Å². The summed E-state index contributed by atoms with van der Waals surface area (Å²) < 4.78 is 41.2. The molecule has 2 aromatic rings. The Kier molecular flexibility index (Phi) is 4.60. The molecule has 1 aromatic carbocycles. The van der Waals surface area contributed by atoms with Gasteiger partial charge in [0.05, 0.1) is 10.9 Å². The van der Waals surface area contributed by atoms with Crippen LogP contribution in [0, 0.1) is 12.7 Å². The van der Waals surface area contributed by atoms with Gasteiger partial charge < -0.3 is 5.73 Å². The molecular weight excluding hydrogens is 313 g/mol. The first-order chi connectivity index (χ1) is 9.85. The van der Waals surface area contributed by atoms with E-state index in [2.05, 4.69) is 9.71 Å². The van der Waals surface area contributed by atoms with E-state index in [-0.39, 0.29) is 16.1 Å².